The number of amides is 3. The van der Waals surface area contributed by atoms with E-state index in [9.17, 15) is 22.8 Å². The lowest BCUT2D eigenvalue weighted by Gasteiger charge is -2.22. The van der Waals surface area contributed by atoms with Crippen LogP contribution in [-0.2, 0) is 23.5 Å². The maximum atomic E-state index is 12.6. The van der Waals surface area contributed by atoms with E-state index in [0.29, 0.717) is 6.42 Å². The predicted molar refractivity (Wildman–Crippen MR) is 137 cm³/mol. The van der Waals surface area contributed by atoms with Crippen molar-refractivity contribution in [3.63, 3.8) is 0 Å². The summed E-state index contributed by atoms with van der Waals surface area (Å²) >= 11 is 0. The van der Waals surface area contributed by atoms with Crippen LogP contribution in [0, 0.1) is 0 Å². The van der Waals surface area contributed by atoms with E-state index in [1.165, 1.54) is 16.7 Å². The Morgan fingerprint density at radius 2 is 1.69 bits per heavy atom. The third-order valence-corrected chi connectivity index (χ3v) is 7.82. The highest BCUT2D eigenvalue weighted by Gasteiger charge is 2.21. The molecule has 1 fully saturated rings. The van der Waals surface area contributed by atoms with Crippen LogP contribution in [0.15, 0.2) is 64.3 Å². The zero-order valence-electron chi connectivity index (χ0n) is 20.1. The SMILES string of the molecule is Cn1c(=O)c(C(=O)NCCc2ccc(S(=O)(=O)NC(=O)NC3CCCCC3)cc2)cc2ccccc21. The molecule has 36 heavy (non-hydrogen) atoms. The average Bonchev–Trinajstić information content (AvgIpc) is 2.86. The summed E-state index contributed by atoms with van der Waals surface area (Å²) in [6, 6.07) is 14.3. The fourth-order valence-corrected chi connectivity index (χ4v) is 5.39. The normalized spacial score (nSPS) is 14.4. The van der Waals surface area contributed by atoms with Gasteiger partial charge < -0.3 is 15.2 Å². The number of carbonyl (C=O) groups excluding carboxylic acids is 2. The van der Waals surface area contributed by atoms with E-state index in [2.05, 4.69) is 15.4 Å². The molecule has 1 heterocycles. The molecule has 10 heteroatoms. The van der Waals surface area contributed by atoms with Crippen molar-refractivity contribution in [1.82, 2.24) is 19.9 Å². The number of pyridine rings is 1. The number of benzene rings is 2. The molecule has 190 valence electrons. The van der Waals surface area contributed by atoms with E-state index in [4.69, 9.17) is 0 Å². The van der Waals surface area contributed by atoms with E-state index in [0.717, 1.165) is 48.6 Å². The molecule has 0 spiro atoms. The number of carbonyl (C=O) groups is 2. The number of fused-ring (bicyclic) bond motifs is 1. The van der Waals surface area contributed by atoms with Crippen LogP contribution in [0.2, 0.25) is 0 Å². The Balaban J connectivity index is 1.32. The minimum absolute atomic E-state index is 0.00125. The lowest BCUT2D eigenvalue weighted by Crippen LogP contribution is -2.45. The Bertz CT molecular complexity index is 1420. The van der Waals surface area contributed by atoms with Gasteiger partial charge in [-0.25, -0.2) is 17.9 Å². The molecule has 3 N–H and O–H groups in total. The minimum Gasteiger partial charge on any atom is -0.352 e. The summed E-state index contributed by atoms with van der Waals surface area (Å²) in [5.41, 5.74) is 1.23. The largest absolute Gasteiger partial charge is 0.352 e. The molecule has 0 bridgehead atoms. The summed E-state index contributed by atoms with van der Waals surface area (Å²) in [5, 5.41) is 6.28. The maximum absolute atomic E-state index is 12.6. The lowest BCUT2D eigenvalue weighted by molar-refractivity contribution is 0.0952. The van der Waals surface area contributed by atoms with Crippen LogP contribution in [0.1, 0.15) is 48.0 Å². The summed E-state index contributed by atoms with van der Waals surface area (Å²) in [6.45, 7) is 0.267. The molecule has 0 atom stereocenters. The van der Waals surface area contributed by atoms with Crippen LogP contribution in [0.4, 0.5) is 4.79 Å². The highest BCUT2D eigenvalue weighted by atomic mass is 32.2. The van der Waals surface area contributed by atoms with Gasteiger partial charge in [-0.3, -0.25) is 9.59 Å². The van der Waals surface area contributed by atoms with Crippen molar-refractivity contribution in [2.45, 2.75) is 49.5 Å². The van der Waals surface area contributed by atoms with Gasteiger partial charge in [0.05, 0.1) is 10.4 Å². The van der Waals surface area contributed by atoms with Gasteiger partial charge in [-0.1, -0.05) is 49.6 Å². The molecule has 3 aromatic rings. The first-order chi connectivity index (χ1) is 17.2. The van der Waals surface area contributed by atoms with Crippen LogP contribution >= 0.6 is 0 Å². The number of urea groups is 1. The molecule has 3 amide bonds. The van der Waals surface area contributed by atoms with Gasteiger partial charge >= 0.3 is 6.03 Å². The number of aryl methyl sites for hydroxylation is 1. The van der Waals surface area contributed by atoms with Crippen molar-refractivity contribution < 1.29 is 18.0 Å². The molecule has 1 aromatic heterocycles. The number of rotatable bonds is 7. The number of hydrogen-bond donors (Lipinski definition) is 3. The van der Waals surface area contributed by atoms with E-state index < -0.39 is 22.0 Å². The van der Waals surface area contributed by atoms with E-state index >= 15 is 0 Å². The molecule has 0 saturated heterocycles. The van der Waals surface area contributed by atoms with Crippen molar-refractivity contribution in [3.05, 3.63) is 76.1 Å². The van der Waals surface area contributed by atoms with Gasteiger partial charge in [0.1, 0.15) is 5.56 Å². The van der Waals surface area contributed by atoms with Gasteiger partial charge in [-0.05, 0) is 54.5 Å². The van der Waals surface area contributed by atoms with Gasteiger partial charge in [-0.2, -0.15) is 0 Å². The molecule has 4 rings (SSSR count). The summed E-state index contributed by atoms with van der Waals surface area (Å²) in [4.78, 5) is 37.3. The maximum Gasteiger partial charge on any atom is 0.328 e. The van der Waals surface area contributed by atoms with E-state index in [1.54, 1.807) is 25.2 Å². The second kappa shape index (κ2) is 10.9. The van der Waals surface area contributed by atoms with E-state index in [-0.39, 0.29) is 28.6 Å². The van der Waals surface area contributed by atoms with Gasteiger partial charge in [0, 0.05) is 19.6 Å². The molecule has 9 nitrogen and oxygen atoms in total. The Labute approximate surface area is 210 Å². The zero-order valence-corrected chi connectivity index (χ0v) is 20.9. The molecule has 2 aromatic carbocycles. The predicted octanol–water partition coefficient (Wildman–Crippen LogP) is 2.83. The number of nitrogens with zero attached hydrogens (tertiary/aromatic N) is 1. The van der Waals surface area contributed by atoms with Crippen molar-refractivity contribution in [2.24, 2.45) is 7.05 Å². The first kappa shape index (κ1) is 25.4. The van der Waals surface area contributed by atoms with Crippen LogP contribution < -0.4 is 20.9 Å². The third-order valence-electron chi connectivity index (χ3n) is 6.48. The van der Waals surface area contributed by atoms with Crippen molar-refractivity contribution >= 4 is 32.9 Å². The molecular weight excluding hydrogens is 480 g/mol. The minimum atomic E-state index is -3.99. The summed E-state index contributed by atoms with van der Waals surface area (Å²) in [5.74, 6) is -0.464. The molecule has 1 aliphatic carbocycles. The highest BCUT2D eigenvalue weighted by Crippen LogP contribution is 2.17. The monoisotopic (exact) mass is 510 g/mol. The van der Waals surface area contributed by atoms with Crippen molar-refractivity contribution in [1.29, 1.82) is 0 Å². The number of sulfonamides is 1. The van der Waals surface area contributed by atoms with E-state index in [1.807, 2.05) is 24.3 Å². The lowest BCUT2D eigenvalue weighted by atomic mass is 9.96. The number of para-hydroxylation sites is 1. The highest BCUT2D eigenvalue weighted by molar-refractivity contribution is 7.90. The Kier molecular flexibility index (Phi) is 7.73. The summed E-state index contributed by atoms with van der Waals surface area (Å²) in [7, 11) is -2.36. The molecule has 0 aliphatic heterocycles. The molecule has 0 unspecified atom stereocenters. The topological polar surface area (TPSA) is 126 Å². The van der Waals surface area contributed by atoms with Crippen LogP contribution in [0.25, 0.3) is 10.9 Å². The van der Waals surface area contributed by atoms with Crippen molar-refractivity contribution in [3.8, 4) is 0 Å². The van der Waals surface area contributed by atoms with Crippen molar-refractivity contribution in [2.75, 3.05) is 6.54 Å². The fourth-order valence-electron chi connectivity index (χ4n) is 4.48. The fraction of sp³-hybridized carbons (Fsp3) is 0.346. The van der Waals surface area contributed by atoms with Gasteiger partial charge in [0.15, 0.2) is 0 Å². The first-order valence-electron chi connectivity index (χ1n) is 12.0. The first-order valence-corrected chi connectivity index (χ1v) is 13.5. The quantitative estimate of drug-likeness (QED) is 0.451. The number of aromatic nitrogens is 1. The molecule has 0 radical (unpaired) electrons. The number of nitrogens with one attached hydrogen (secondary N) is 3. The summed E-state index contributed by atoms with van der Waals surface area (Å²) < 4.78 is 28.6. The Morgan fingerprint density at radius 1 is 1.00 bits per heavy atom. The second-order valence-corrected chi connectivity index (χ2v) is 10.7. The average molecular weight is 511 g/mol. The van der Waals surface area contributed by atoms with Crippen LogP contribution in [0.3, 0.4) is 0 Å². The standard InChI is InChI=1S/C26H30N4O5S/c1-30-23-10-6-5-7-19(23)17-22(25(30)32)24(31)27-16-15-18-11-13-21(14-12-18)36(34,35)29-26(33)28-20-8-3-2-4-9-20/h5-7,10-14,17,20H,2-4,8-9,15-16H2,1H3,(H,27,31)(H2,28,29,33). The molecule has 1 saturated carbocycles. The molecule has 1 aliphatic rings. The smallest absolute Gasteiger partial charge is 0.328 e. The Hall–Kier alpha value is -3.66. The van der Waals surface area contributed by atoms with Gasteiger partial charge in [0.25, 0.3) is 21.5 Å². The third kappa shape index (κ3) is 5.93. The Morgan fingerprint density at radius 3 is 2.42 bits per heavy atom. The number of hydrogen-bond acceptors (Lipinski definition) is 5. The van der Waals surface area contributed by atoms with Gasteiger partial charge in [-0.15, -0.1) is 0 Å². The van der Waals surface area contributed by atoms with Crippen LogP contribution in [-0.4, -0.2) is 37.5 Å². The van der Waals surface area contributed by atoms with Crippen LogP contribution in [0.5, 0.6) is 0 Å². The zero-order chi connectivity index (χ0) is 25.7. The summed E-state index contributed by atoms with van der Waals surface area (Å²) in [6.07, 6.45) is 5.34. The molecular formula is C26H30N4O5S. The second-order valence-electron chi connectivity index (χ2n) is 9.04. The van der Waals surface area contributed by atoms with Gasteiger partial charge in [0.2, 0.25) is 0 Å².